The van der Waals surface area contributed by atoms with Crippen LogP contribution in [0.15, 0.2) is 9.21 Å². The first kappa shape index (κ1) is 26.5. The number of carbonyl (C=O) groups excluding carboxylic acids is 1. The SMILES string of the molecule is CCCCc1c([C@H](CCC(C)C)C(=O)CCCC(C)C)oc(=O)c(CCCC)c1O. The summed E-state index contributed by atoms with van der Waals surface area (Å²) in [4.78, 5) is 25.9. The van der Waals surface area contributed by atoms with Crippen molar-refractivity contribution < 1.29 is 14.3 Å². The zero-order valence-corrected chi connectivity index (χ0v) is 20.2. The van der Waals surface area contributed by atoms with E-state index < -0.39 is 11.5 Å². The lowest BCUT2D eigenvalue weighted by Gasteiger charge is -2.21. The second kappa shape index (κ2) is 13.7. The average Bonchev–Trinajstić information content (AvgIpc) is 2.67. The summed E-state index contributed by atoms with van der Waals surface area (Å²) in [6, 6.07) is 0. The third-order valence-electron chi connectivity index (χ3n) is 5.82. The van der Waals surface area contributed by atoms with Crippen molar-refractivity contribution in [3.63, 3.8) is 0 Å². The summed E-state index contributed by atoms with van der Waals surface area (Å²) < 4.78 is 5.82. The number of ketones is 1. The number of hydrogen-bond acceptors (Lipinski definition) is 4. The fourth-order valence-corrected chi connectivity index (χ4v) is 3.87. The topological polar surface area (TPSA) is 67.5 Å². The smallest absolute Gasteiger partial charge is 0.342 e. The van der Waals surface area contributed by atoms with Gasteiger partial charge < -0.3 is 9.52 Å². The van der Waals surface area contributed by atoms with E-state index in [0.29, 0.717) is 54.4 Å². The van der Waals surface area contributed by atoms with E-state index in [4.69, 9.17) is 4.42 Å². The molecule has 1 aromatic rings. The monoisotopic (exact) mass is 420 g/mol. The van der Waals surface area contributed by atoms with Crippen LogP contribution in [0.1, 0.15) is 122 Å². The maximum Gasteiger partial charge on any atom is 0.342 e. The zero-order chi connectivity index (χ0) is 22.7. The van der Waals surface area contributed by atoms with Gasteiger partial charge in [0.2, 0.25) is 0 Å². The third-order valence-corrected chi connectivity index (χ3v) is 5.82. The Morgan fingerprint density at radius 2 is 1.43 bits per heavy atom. The van der Waals surface area contributed by atoms with Gasteiger partial charge >= 0.3 is 5.63 Å². The minimum Gasteiger partial charge on any atom is -0.507 e. The number of carbonyl (C=O) groups is 1. The van der Waals surface area contributed by atoms with Crippen LogP contribution in [0, 0.1) is 11.8 Å². The molecule has 1 aromatic heterocycles. The molecule has 0 aliphatic carbocycles. The Balaban J connectivity index is 3.36. The first-order valence-electron chi connectivity index (χ1n) is 12.1. The van der Waals surface area contributed by atoms with E-state index in [-0.39, 0.29) is 11.5 Å². The van der Waals surface area contributed by atoms with Crippen molar-refractivity contribution in [1.29, 1.82) is 0 Å². The molecule has 1 heterocycles. The lowest BCUT2D eigenvalue weighted by Crippen LogP contribution is -2.20. The summed E-state index contributed by atoms with van der Waals surface area (Å²) in [5.74, 6) is 1.23. The third kappa shape index (κ3) is 8.28. The lowest BCUT2D eigenvalue weighted by molar-refractivity contribution is -0.121. The fraction of sp³-hybridized carbons (Fsp3) is 0.769. The Labute approximate surface area is 183 Å². The number of hydrogen-bond donors (Lipinski definition) is 1. The van der Waals surface area contributed by atoms with Crippen molar-refractivity contribution in [1.82, 2.24) is 0 Å². The zero-order valence-electron chi connectivity index (χ0n) is 20.2. The van der Waals surface area contributed by atoms with E-state index in [1.165, 1.54) is 0 Å². The minimum atomic E-state index is -0.472. The Morgan fingerprint density at radius 1 is 0.867 bits per heavy atom. The van der Waals surface area contributed by atoms with Gasteiger partial charge in [-0.3, -0.25) is 4.79 Å². The highest BCUT2D eigenvalue weighted by molar-refractivity contribution is 5.85. The molecular weight excluding hydrogens is 376 g/mol. The molecule has 0 spiro atoms. The molecule has 0 aromatic carbocycles. The molecule has 0 bridgehead atoms. The van der Waals surface area contributed by atoms with E-state index in [0.717, 1.165) is 44.9 Å². The predicted molar refractivity (Wildman–Crippen MR) is 124 cm³/mol. The molecule has 0 aliphatic rings. The van der Waals surface area contributed by atoms with Crippen LogP contribution in [-0.2, 0) is 17.6 Å². The molecule has 0 radical (unpaired) electrons. The van der Waals surface area contributed by atoms with Crippen molar-refractivity contribution in [3.8, 4) is 5.75 Å². The maximum absolute atomic E-state index is 13.2. The van der Waals surface area contributed by atoms with Crippen LogP contribution in [0.25, 0.3) is 0 Å². The van der Waals surface area contributed by atoms with Crippen molar-refractivity contribution in [2.24, 2.45) is 11.8 Å². The molecule has 0 saturated carbocycles. The number of Topliss-reactive ketones (excluding diaryl/α,β-unsaturated/α-hetero) is 1. The predicted octanol–water partition coefficient (Wildman–Crippen LogP) is 6.95. The fourth-order valence-electron chi connectivity index (χ4n) is 3.87. The van der Waals surface area contributed by atoms with E-state index >= 15 is 0 Å². The molecule has 0 aliphatic heterocycles. The highest BCUT2D eigenvalue weighted by Crippen LogP contribution is 2.35. The quantitative estimate of drug-likeness (QED) is 0.333. The summed E-state index contributed by atoms with van der Waals surface area (Å²) in [5.41, 5.74) is 0.593. The Kier molecular flexibility index (Phi) is 12.1. The van der Waals surface area contributed by atoms with Crippen LogP contribution in [-0.4, -0.2) is 10.9 Å². The van der Waals surface area contributed by atoms with Crippen LogP contribution in [0.2, 0.25) is 0 Å². The van der Waals surface area contributed by atoms with Gasteiger partial charge in [-0.05, 0) is 56.8 Å². The van der Waals surface area contributed by atoms with Gasteiger partial charge in [-0.1, -0.05) is 60.8 Å². The van der Waals surface area contributed by atoms with Gasteiger partial charge in [0.05, 0.1) is 11.5 Å². The molecule has 30 heavy (non-hydrogen) atoms. The van der Waals surface area contributed by atoms with Gasteiger partial charge in [0, 0.05) is 12.0 Å². The van der Waals surface area contributed by atoms with E-state index in [2.05, 4.69) is 41.5 Å². The molecule has 4 nitrogen and oxygen atoms in total. The van der Waals surface area contributed by atoms with Crippen molar-refractivity contribution in [2.45, 2.75) is 118 Å². The van der Waals surface area contributed by atoms with Crippen molar-refractivity contribution in [2.75, 3.05) is 0 Å². The van der Waals surface area contributed by atoms with Crippen LogP contribution >= 0.6 is 0 Å². The largest absolute Gasteiger partial charge is 0.507 e. The van der Waals surface area contributed by atoms with Gasteiger partial charge in [0.15, 0.2) is 0 Å². The van der Waals surface area contributed by atoms with Crippen LogP contribution < -0.4 is 5.63 Å². The second-order valence-corrected chi connectivity index (χ2v) is 9.54. The minimum absolute atomic E-state index is 0.0766. The molecule has 0 unspecified atom stereocenters. The van der Waals surface area contributed by atoms with Crippen molar-refractivity contribution >= 4 is 5.78 Å². The Hall–Kier alpha value is -1.58. The number of unbranched alkanes of at least 4 members (excludes halogenated alkanes) is 2. The van der Waals surface area contributed by atoms with E-state index in [1.807, 2.05) is 0 Å². The van der Waals surface area contributed by atoms with Crippen LogP contribution in [0.4, 0.5) is 0 Å². The first-order valence-corrected chi connectivity index (χ1v) is 12.1. The molecule has 1 N–H and O–H groups in total. The van der Waals surface area contributed by atoms with Gasteiger partial charge in [0.1, 0.15) is 17.3 Å². The summed E-state index contributed by atoms with van der Waals surface area (Å²) >= 11 is 0. The maximum atomic E-state index is 13.2. The Morgan fingerprint density at radius 3 is 1.97 bits per heavy atom. The number of rotatable bonds is 15. The summed E-state index contributed by atoms with van der Waals surface area (Å²) in [5, 5.41) is 11.0. The molecule has 1 rings (SSSR count). The second-order valence-electron chi connectivity index (χ2n) is 9.54. The van der Waals surface area contributed by atoms with E-state index in [9.17, 15) is 14.7 Å². The van der Waals surface area contributed by atoms with Gasteiger partial charge in [-0.2, -0.15) is 0 Å². The average molecular weight is 421 g/mol. The van der Waals surface area contributed by atoms with Gasteiger partial charge in [0.25, 0.3) is 0 Å². The Bertz CT molecular complexity index is 700. The van der Waals surface area contributed by atoms with Gasteiger partial charge in [-0.25, -0.2) is 4.79 Å². The molecule has 0 fully saturated rings. The van der Waals surface area contributed by atoms with Crippen molar-refractivity contribution in [3.05, 3.63) is 27.3 Å². The highest BCUT2D eigenvalue weighted by atomic mass is 16.4. The molecule has 1 atom stereocenters. The normalized spacial score (nSPS) is 12.7. The molecular formula is C26H44O4. The molecule has 0 amide bonds. The summed E-state index contributed by atoms with van der Waals surface area (Å²) in [7, 11) is 0. The van der Waals surface area contributed by atoms with E-state index in [1.54, 1.807) is 0 Å². The standard InChI is InChI=1S/C26H44O4/c1-7-9-13-21-24(28)22(14-10-8-2)26(29)30-25(21)20(17-16-19(5)6)23(27)15-11-12-18(3)4/h18-20,28H,7-17H2,1-6H3/t20-/m1/s1. The van der Waals surface area contributed by atoms with Gasteiger partial charge in [-0.15, -0.1) is 0 Å². The molecule has 4 heteroatoms. The highest BCUT2D eigenvalue weighted by Gasteiger charge is 2.29. The first-order chi connectivity index (χ1) is 14.2. The van der Waals surface area contributed by atoms with Crippen LogP contribution in [0.3, 0.4) is 0 Å². The number of aromatic hydroxyl groups is 1. The summed E-state index contributed by atoms with van der Waals surface area (Å²) in [6.45, 7) is 12.8. The van der Waals surface area contributed by atoms with Crippen LogP contribution in [0.5, 0.6) is 5.75 Å². The lowest BCUT2D eigenvalue weighted by atomic mass is 9.85. The molecule has 172 valence electrons. The molecule has 0 saturated heterocycles. The summed E-state index contributed by atoms with van der Waals surface area (Å²) in [6.07, 6.45) is 8.69.